The van der Waals surface area contributed by atoms with E-state index in [0.29, 0.717) is 6.61 Å². The molecule has 0 amide bonds. The van der Waals surface area contributed by atoms with Crippen LogP contribution in [0, 0.1) is 0 Å². The van der Waals surface area contributed by atoms with E-state index in [1.807, 2.05) is 0 Å². The third-order valence-corrected chi connectivity index (χ3v) is 1.11. The highest BCUT2D eigenvalue weighted by atomic mass is 16.8. The Bertz CT molecular complexity index is 129. The van der Waals surface area contributed by atoms with Gasteiger partial charge < -0.3 is 18.9 Å². The molecule has 1 atom stereocenters. The summed E-state index contributed by atoms with van der Waals surface area (Å²) in [5.41, 5.74) is 0. The Morgan fingerprint density at radius 3 is 3.09 bits per heavy atom. The number of ether oxygens (including phenoxy) is 4. The van der Waals surface area contributed by atoms with Crippen molar-refractivity contribution < 1.29 is 23.7 Å². The molecule has 0 radical (unpaired) electrons. The van der Waals surface area contributed by atoms with Gasteiger partial charge in [0.2, 0.25) is 0 Å². The zero-order valence-electron chi connectivity index (χ0n) is 6.24. The van der Waals surface area contributed by atoms with Crippen LogP contribution in [0.5, 0.6) is 0 Å². The maximum Gasteiger partial charge on any atom is 0.304 e. The van der Waals surface area contributed by atoms with Crippen LogP contribution >= 0.6 is 0 Å². The smallest absolute Gasteiger partial charge is 0.304 e. The first-order valence-electron chi connectivity index (χ1n) is 3.23. The fourth-order valence-electron chi connectivity index (χ4n) is 0.606. The molecule has 0 spiro atoms. The van der Waals surface area contributed by atoms with E-state index in [-0.39, 0.29) is 19.6 Å². The van der Waals surface area contributed by atoms with Crippen molar-refractivity contribution in [2.24, 2.45) is 0 Å². The Labute approximate surface area is 64.2 Å². The van der Waals surface area contributed by atoms with Crippen LogP contribution in [-0.4, -0.2) is 32.5 Å². The van der Waals surface area contributed by atoms with Crippen molar-refractivity contribution in [1.82, 2.24) is 0 Å². The first-order valence-corrected chi connectivity index (χ1v) is 3.23. The Hall–Kier alpha value is -0.650. The molecule has 64 valence electrons. The lowest BCUT2D eigenvalue weighted by molar-refractivity contribution is -0.182. The minimum atomic E-state index is -0.394. The van der Waals surface area contributed by atoms with E-state index < -0.39 is 6.29 Å². The van der Waals surface area contributed by atoms with E-state index in [4.69, 9.17) is 14.2 Å². The van der Waals surface area contributed by atoms with Crippen LogP contribution < -0.4 is 0 Å². The molecule has 5 heteroatoms. The number of rotatable bonds is 3. The maximum atomic E-state index is 10.2. The Balaban J connectivity index is 1.98. The highest BCUT2D eigenvalue weighted by Gasteiger charge is 2.16. The van der Waals surface area contributed by atoms with E-state index in [0.717, 1.165) is 0 Å². The highest BCUT2D eigenvalue weighted by molar-refractivity contribution is 5.65. The minimum Gasteiger partial charge on any atom is -0.439 e. The molecule has 5 nitrogen and oxygen atoms in total. The summed E-state index contributed by atoms with van der Waals surface area (Å²) in [6.45, 7) is 1.87. The molecule has 0 N–H and O–H groups in total. The molecule has 1 aliphatic rings. The normalized spacial score (nSPS) is 23.5. The molecule has 1 rings (SSSR count). The van der Waals surface area contributed by atoms with Crippen molar-refractivity contribution in [2.75, 3.05) is 20.2 Å². The van der Waals surface area contributed by atoms with Crippen LogP contribution in [0.25, 0.3) is 0 Å². The molecule has 11 heavy (non-hydrogen) atoms. The number of hydrogen-bond acceptors (Lipinski definition) is 5. The van der Waals surface area contributed by atoms with Crippen molar-refractivity contribution in [3.8, 4) is 0 Å². The minimum absolute atomic E-state index is 0.0800. The molecule has 1 fully saturated rings. The molecular formula is C6H10O5. The second-order valence-electron chi connectivity index (χ2n) is 2.01. The first-order chi connectivity index (χ1) is 5.29. The first kappa shape index (κ1) is 8.45. The number of carbonyl (C=O) groups excluding carboxylic acids is 1. The Kier molecular flexibility index (Phi) is 3.28. The van der Waals surface area contributed by atoms with Gasteiger partial charge in [-0.3, -0.25) is 4.79 Å². The molecule has 0 aromatic carbocycles. The van der Waals surface area contributed by atoms with Crippen LogP contribution in [0.4, 0.5) is 0 Å². The van der Waals surface area contributed by atoms with Gasteiger partial charge in [0, 0.05) is 6.92 Å². The molecule has 0 bridgehead atoms. The standard InChI is InChI=1S/C6H10O5/c1-5(7)9-4-11-6-2-8-3-10-6/h6H,2-4H2,1H3. The quantitative estimate of drug-likeness (QED) is 0.427. The summed E-state index contributed by atoms with van der Waals surface area (Å²) in [4.78, 5) is 10.2. The van der Waals surface area contributed by atoms with Crippen LogP contribution in [0.3, 0.4) is 0 Å². The number of carbonyl (C=O) groups is 1. The fraction of sp³-hybridized carbons (Fsp3) is 0.833. The van der Waals surface area contributed by atoms with Crippen LogP contribution in [-0.2, 0) is 23.7 Å². The molecule has 1 saturated heterocycles. The second-order valence-corrected chi connectivity index (χ2v) is 2.01. The van der Waals surface area contributed by atoms with Gasteiger partial charge in [-0.2, -0.15) is 0 Å². The molecule has 1 heterocycles. The van der Waals surface area contributed by atoms with Crippen molar-refractivity contribution in [3.05, 3.63) is 0 Å². The fourth-order valence-corrected chi connectivity index (χ4v) is 0.606. The van der Waals surface area contributed by atoms with E-state index in [1.54, 1.807) is 0 Å². The largest absolute Gasteiger partial charge is 0.439 e. The summed E-state index contributed by atoms with van der Waals surface area (Å²) in [6.07, 6.45) is -0.394. The predicted octanol–water partition coefficient (Wildman–Crippen LogP) is -0.146. The number of hydrogen-bond donors (Lipinski definition) is 0. The Morgan fingerprint density at radius 1 is 1.73 bits per heavy atom. The maximum absolute atomic E-state index is 10.2. The Morgan fingerprint density at radius 2 is 2.55 bits per heavy atom. The van der Waals surface area contributed by atoms with Crippen molar-refractivity contribution in [3.63, 3.8) is 0 Å². The van der Waals surface area contributed by atoms with Gasteiger partial charge in [0.15, 0.2) is 13.1 Å². The van der Waals surface area contributed by atoms with Gasteiger partial charge in [0.1, 0.15) is 13.4 Å². The van der Waals surface area contributed by atoms with Crippen LogP contribution in [0.2, 0.25) is 0 Å². The summed E-state index contributed by atoms with van der Waals surface area (Å²) in [6, 6.07) is 0. The molecular weight excluding hydrogens is 152 g/mol. The molecule has 0 aliphatic carbocycles. The van der Waals surface area contributed by atoms with E-state index >= 15 is 0 Å². The van der Waals surface area contributed by atoms with E-state index in [9.17, 15) is 4.79 Å². The van der Waals surface area contributed by atoms with Crippen LogP contribution in [0.1, 0.15) is 6.92 Å². The van der Waals surface area contributed by atoms with Crippen molar-refractivity contribution >= 4 is 5.97 Å². The van der Waals surface area contributed by atoms with Gasteiger partial charge in [-0.05, 0) is 0 Å². The lowest BCUT2D eigenvalue weighted by Crippen LogP contribution is -2.17. The SMILES string of the molecule is CC(=O)OCOC1COCO1. The summed E-state index contributed by atoms with van der Waals surface area (Å²) in [5, 5.41) is 0. The molecule has 0 aromatic heterocycles. The van der Waals surface area contributed by atoms with Gasteiger partial charge in [-0.1, -0.05) is 0 Å². The average molecular weight is 162 g/mol. The predicted molar refractivity (Wildman–Crippen MR) is 33.4 cm³/mol. The molecule has 1 aliphatic heterocycles. The van der Waals surface area contributed by atoms with E-state index in [2.05, 4.69) is 4.74 Å². The summed E-state index contributed by atoms with van der Waals surface area (Å²) in [5.74, 6) is -0.371. The van der Waals surface area contributed by atoms with Gasteiger partial charge >= 0.3 is 5.97 Å². The monoisotopic (exact) mass is 162 g/mol. The highest BCUT2D eigenvalue weighted by Crippen LogP contribution is 2.03. The third kappa shape index (κ3) is 3.31. The van der Waals surface area contributed by atoms with Gasteiger partial charge in [0.25, 0.3) is 0 Å². The topological polar surface area (TPSA) is 54.0 Å². The number of esters is 1. The summed E-state index contributed by atoms with van der Waals surface area (Å²) >= 11 is 0. The van der Waals surface area contributed by atoms with E-state index in [1.165, 1.54) is 6.92 Å². The zero-order valence-corrected chi connectivity index (χ0v) is 6.24. The third-order valence-electron chi connectivity index (χ3n) is 1.11. The lowest BCUT2D eigenvalue weighted by Gasteiger charge is -2.07. The zero-order chi connectivity index (χ0) is 8.10. The second kappa shape index (κ2) is 4.27. The average Bonchev–Trinajstić information content (AvgIpc) is 2.39. The van der Waals surface area contributed by atoms with Gasteiger partial charge in [0.05, 0.1) is 0 Å². The molecule has 1 unspecified atom stereocenters. The lowest BCUT2D eigenvalue weighted by atomic mass is 10.7. The molecule has 0 saturated carbocycles. The van der Waals surface area contributed by atoms with Crippen LogP contribution in [0.15, 0.2) is 0 Å². The summed E-state index contributed by atoms with van der Waals surface area (Å²) < 4.78 is 19.2. The van der Waals surface area contributed by atoms with Crippen molar-refractivity contribution in [1.29, 1.82) is 0 Å². The van der Waals surface area contributed by atoms with Crippen molar-refractivity contribution in [2.45, 2.75) is 13.2 Å². The van der Waals surface area contributed by atoms with Gasteiger partial charge in [-0.25, -0.2) is 0 Å². The van der Waals surface area contributed by atoms with Gasteiger partial charge in [-0.15, -0.1) is 0 Å². The molecule has 0 aromatic rings. The summed E-state index contributed by atoms with van der Waals surface area (Å²) in [7, 11) is 0.